The highest BCUT2D eigenvalue weighted by Gasteiger charge is 2.30. The van der Waals surface area contributed by atoms with E-state index in [1.807, 2.05) is 18.4 Å². The van der Waals surface area contributed by atoms with Crippen LogP contribution in [0.4, 0.5) is 18.9 Å². The van der Waals surface area contributed by atoms with Gasteiger partial charge in [-0.2, -0.15) is 13.2 Å². The van der Waals surface area contributed by atoms with Crippen LogP contribution in [0.2, 0.25) is 0 Å². The number of benzene rings is 1. The summed E-state index contributed by atoms with van der Waals surface area (Å²) >= 11 is 4.91. The topological polar surface area (TPSA) is 12.0 Å². The molecule has 0 amide bonds. The third-order valence-corrected chi connectivity index (χ3v) is 4.46. The van der Waals surface area contributed by atoms with Crippen molar-refractivity contribution in [3.8, 4) is 0 Å². The smallest absolute Gasteiger partial charge is 0.378 e. The Balaban J connectivity index is 2.15. The number of anilines is 1. The van der Waals surface area contributed by atoms with Crippen LogP contribution >= 0.6 is 27.3 Å². The SMILES string of the molecule is CC(Nc1cccc(C(F)(F)F)c1)c1cc(Br)cs1. The largest absolute Gasteiger partial charge is 0.416 e. The molecule has 0 saturated carbocycles. The van der Waals surface area contributed by atoms with Crippen LogP contribution in [0.3, 0.4) is 0 Å². The maximum atomic E-state index is 12.6. The van der Waals surface area contributed by atoms with Gasteiger partial charge in [0.1, 0.15) is 0 Å². The minimum Gasteiger partial charge on any atom is -0.378 e. The van der Waals surface area contributed by atoms with E-state index in [2.05, 4.69) is 21.2 Å². The second-order valence-corrected chi connectivity index (χ2v) is 5.97. The van der Waals surface area contributed by atoms with Crippen molar-refractivity contribution >= 4 is 33.0 Å². The van der Waals surface area contributed by atoms with Gasteiger partial charge in [-0.3, -0.25) is 0 Å². The maximum Gasteiger partial charge on any atom is 0.416 e. The first-order chi connectivity index (χ1) is 8.86. The van der Waals surface area contributed by atoms with E-state index in [1.165, 1.54) is 6.07 Å². The first-order valence-electron chi connectivity index (χ1n) is 5.54. The number of nitrogens with one attached hydrogen (secondary N) is 1. The van der Waals surface area contributed by atoms with Gasteiger partial charge in [0.2, 0.25) is 0 Å². The summed E-state index contributed by atoms with van der Waals surface area (Å²) in [6.07, 6.45) is -4.31. The molecular formula is C13H11BrF3NS. The summed E-state index contributed by atoms with van der Waals surface area (Å²) in [5.74, 6) is 0. The molecule has 102 valence electrons. The first-order valence-corrected chi connectivity index (χ1v) is 7.21. The molecular weight excluding hydrogens is 339 g/mol. The van der Waals surface area contributed by atoms with Gasteiger partial charge < -0.3 is 5.32 Å². The second kappa shape index (κ2) is 5.54. The molecule has 0 saturated heterocycles. The number of alkyl halides is 3. The highest BCUT2D eigenvalue weighted by Crippen LogP contribution is 2.32. The molecule has 0 aliphatic carbocycles. The molecule has 6 heteroatoms. The van der Waals surface area contributed by atoms with Crippen molar-refractivity contribution in [2.45, 2.75) is 19.1 Å². The molecule has 19 heavy (non-hydrogen) atoms. The summed E-state index contributed by atoms with van der Waals surface area (Å²) < 4.78 is 38.8. The van der Waals surface area contributed by atoms with Gasteiger partial charge >= 0.3 is 6.18 Å². The summed E-state index contributed by atoms with van der Waals surface area (Å²) in [5.41, 5.74) is -0.177. The molecule has 1 unspecified atom stereocenters. The Labute approximate surface area is 121 Å². The molecule has 0 aliphatic heterocycles. The highest BCUT2D eigenvalue weighted by atomic mass is 79.9. The van der Waals surface area contributed by atoms with Crippen LogP contribution in [0.15, 0.2) is 40.2 Å². The molecule has 1 aromatic heterocycles. The molecule has 1 heterocycles. The number of halogens is 4. The van der Waals surface area contributed by atoms with Gasteiger partial charge in [-0.05, 0) is 47.1 Å². The summed E-state index contributed by atoms with van der Waals surface area (Å²) in [4.78, 5) is 1.06. The van der Waals surface area contributed by atoms with E-state index in [-0.39, 0.29) is 6.04 Å². The van der Waals surface area contributed by atoms with Gasteiger partial charge in [0.15, 0.2) is 0 Å². The number of hydrogen-bond donors (Lipinski definition) is 1. The van der Waals surface area contributed by atoms with Gasteiger partial charge in [-0.15, -0.1) is 11.3 Å². The van der Waals surface area contributed by atoms with Crippen molar-refractivity contribution in [3.05, 3.63) is 50.6 Å². The third-order valence-electron chi connectivity index (χ3n) is 2.59. The molecule has 1 atom stereocenters. The van der Waals surface area contributed by atoms with Crippen LogP contribution in [0.1, 0.15) is 23.4 Å². The number of rotatable bonds is 3. The van der Waals surface area contributed by atoms with Crippen LogP contribution in [0.5, 0.6) is 0 Å². The zero-order chi connectivity index (χ0) is 14.0. The maximum absolute atomic E-state index is 12.6. The van der Waals surface area contributed by atoms with Crippen LogP contribution < -0.4 is 5.32 Å². The van der Waals surface area contributed by atoms with Gasteiger partial charge in [0.25, 0.3) is 0 Å². The Morgan fingerprint density at radius 1 is 1.26 bits per heavy atom. The van der Waals surface area contributed by atoms with Crippen molar-refractivity contribution in [1.29, 1.82) is 0 Å². The zero-order valence-corrected chi connectivity index (χ0v) is 12.4. The lowest BCUT2D eigenvalue weighted by Crippen LogP contribution is -2.08. The number of hydrogen-bond acceptors (Lipinski definition) is 2. The normalized spacial score (nSPS) is 13.3. The van der Waals surface area contributed by atoms with E-state index >= 15 is 0 Å². The summed E-state index contributed by atoms with van der Waals surface area (Å²) in [6, 6.07) is 7.14. The van der Waals surface area contributed by atoms with Crippen LogP contribution in [0, 0.1) is 0 Å². The average molecular weight is 350 g/mol. The van der Waals surface area contributed by atoms with Crippen LogP contribution in [-0.4, -0.2) is 0 Å². The minimum absolute atomic E-state index is 0.0419. The fourth-order valence-electron chi connectivity index (χ4n) is 1.66. The van der Waals surface area contributed by atoms with Gasteiger partial charge in [-0.25, -0.2) is 0 Å². The van der Waals surface area contributed by atoms with Crippen molar-refractivity contribution in [2.24, 2.45) is 0 Å². The summed E-state index contributed by atoms with van der Waals surface area (Å²) in [6.45, 7) is 1.92. The standard InChI is InChI=1S/C13H11BrF3NS/c1-8(12-6-10(14)7-19-12)18-11-4-2-3-9(5-11)13(15,16)17/h2-8,18H,1H3. The fourth-order valence-corrected chi connectivity index (χ4v) is 3.12. The van der Waals surface area contributed by atoms with E-state index < -0.39 is 11.7 Å². The highest BCUT2D eigenvalue weighted by molar-refractivity contribution is 9.10. The van der Waals surface area contributed by atoms with E-state index in [0.29, 0.717) is 5.69 Å². The van der Waals surface area contributed by atoms with Crippen LogP contribution in [-0.2, 0) is 6.18 Å². The van der Waals surface area contributed by atoms with Crippen molar-refractivity contribution in [3.63, 3.8) is 0 Å². The molecule has 1 nitrogen and oxygen atoms in total. The van der Waals surface area contributed by atoms with E-state index in [0.717, 1.165) is 21.5 Å². The molecule has 0 bridgehead atoms. The monoisotopic (exact) mass is 349 g/mol. The molecule has 2 aromatic rings. The van der Waals surface area contributed by atoms with Crippen molar-refractivity contribution in [1.82, 2.24) is 0 Å². The molecule has 0 aliphatic rings. The predicted molar refractivity (Wildman–Crippen MR) is 75.5 cm³/mol. The number of thiophene rings is 1. The molecule has 0 spiro atoms. The first kappa shape index (κ1) is 14.4. The zero-order valence-electron chi connectivity index (χ0n) is 9.96. The van der Waals surface area contributed by atoms with E-state index in [4.69, 9.17) is 0 Å². The molecule has 1 aromatic carbocycles. The average Bonchev–Trinajstić information content (AvgIpc) is 2.75. The minimum atomic E-state index is -4.31. The molecule has 2 rings (SSSR count). The van der Waals surface area contributed by atoms with Gasteiger partial charge in [0, 0.05) is 20.4 Å². The molecule has 0 fully saturated rings. The Morgan fingerprint density at radius 3 is 2.58 bits per heavy atom. The van der Waals surface area contributed by atoms with Gasteiger partial charge in [-0.1, -0.05) is 6.07 Å². The lowest BCUT2D eigenvalue weighted by atomic mass is 10.1. The van der Waals surface area contributed by atoms with Crippen molar-refractivity contribution in [2.75, 3.05) is 5.32 Å². The van der Waals surface area contributed by atoms with E-state index in [1.54, 1.807) is 17.4 Å². The lowest BCUT2D eigenvalue weighted by molar-refractivity contribution is -0.137. The molecule has 1 N–H and O–H groups in total. The Hall–Kier alpha value is -1.01. The Bertz CT molecular complexity index is 565. The quantitative estimate of drug-likeness (QED) is 0.748. The third kappa shape index (κ3) is 3.73. The summed E-state index contributed by atoms with van der Waals surface area (Å²) in [5, 5.41) is 5.02. The van der Waals surface area contributed by atoms with Crippen molar-refractivity contribution < 1.29 is 13.2 Å². The fraction of sp³-hybridized carbons (Fsp3) is 0.231. The lowest BCUT2D eigenvalue weighted by Gasteiger charge is -2.15. The predicted octanol–water partition coefficient (Wildman–Crippen LogP) is 5.70. The van der Waals surface area contributed by atoms with Crippen LogP contribution in [0.25, 0.3) is 0 Å². The van der Waals surface area contributed by atoms with Gasteiger partial charge in [0.05, 0.1) is 11.6 Å². The summed E-state index contributed by atoms with van der Waals surface area (Å²) in [7, 11) is 0. The molecule has 0 radical (unpaired) electrons. The van der Waals surface area contributed by atoms with E-state index in [9.17, 15) is 13.2 Å². The second-order valence-electron chi connectivity index (χ2n) is 4.11. The Morgan fingerprint density at radius 2 is 2.00 bits per heavy atom. The Kier molecular flexibility index (Phi) is 4.20.